The van der Waals surface area contributed by atoms with Gasteiger partial charge < -0.3 is 24.8 Å². The van der Waals surface area contributed by atoms with Gasteiger partial charge in [-0.25, -0.2) is 0 Å². The summed E-state index contributed by atoms with van der Waals surface area (Å²) in [7, 11) is 0. The van der Waals surface area contributed by atoms with E-state index >= 15 is 0 Å². The van der Waals surface area contributed by atoms with Gasteiger partial charge in [0.15, 0.2) is 0 Å². The Hall–Kier alpha value is 0.682. The minimum Gasteiger partial charge on any atom is -0.389 e. The largest absolute Gasteiger partial charge is 2.00 e. The van der Waals surface area contributed by atoms with Gasteiger partial charge in [0.05, 0.1) is 6.61 Å². The van der Waals surface area contributed by atoms with Crippen molar-refractivity contribution in [1.29, 1.82) is 0 Å². The molecule has 0 aliphatic rings. The van der Waals surface area contributed by atoms with Gasteiger partial charge in [0.2, 0.25) is 0 Å². The van der Waals surface area contributed by atoms with Gasteiger partial charge in [-0.05, 0) is 0 Å². The van der Waals surface area contributed by atoms with Crippen LogP contribution in [0.2, 0.25) is 0 Å². The molecule has 0 radical (unpaired) electrons. The van der Waals surface area contributed by atoms with Crippen molar-refractivity contribution in [2.45, 2.75) is 0 Å². The molecule has 0 amide bonds. The molecule has 0 aromatic carbocycles. The molecule has 2 nitrogen and oxygen atoms in total. The molecule has 0 aliphatic carbocycles. The number of aliphatic hydroxyl groups is 1. The molecule has 0 aliphatic heterocycles. The number of hydrogen-bond donors (Lipinski definition) is 1. The van der Waals surface area contributed by atoms with E-state index in [4.69, 9.17) is 9.90 Å². The summed E-state index contributed by atoms with van der Waals surface area (Å²) < 4.78 is 0. The topological polar surface area (TPSA) is 37.3 Å². The summed E-state index contributed by atoms with van der Waals surface area (Å²) >= 11 is 0. The van der Waals surface area contributed by atoms with Crippen molar-refractivity contribution in [3.05, 3.63) is 14.9 Å². The van der Waals surface area contributed by atoms with Crippen LogP contribution >= 0.6 is 0 Å². The van der Waals surface area contributed by atoms with Gasteiger partial charge in [0, 0.05) is 0 Å². The molecule has 0 spiro atoms. The summed E-state index contributed by atoms with van der Waals surface area (Å²) in [6.45, 7) is -0.361. The second-order valence-electron chi connectivity index (χ2n) is 0.349. The predicted octanol–water partition coefficient (Wildman–Crippen LogP) is 0.0782. The van der Waals surface area contributed by atoms with Gasteiger partial charge in [-0.15, -0.1) is 0 Å². The second kappa shape index (κ2) is 30.0. The Bertz CT molecular complexity index is 23.7. The molecule has 0 fully saturated rings. The molecule has 1 N–H and O–H groups in total. The summed E-state index contributed by atoms with van der Waals surface area (Å²) in [5.41, 5.74) is 0. The maximum atomic E-state index is 8.92. The summed E-state index contributed by atoms with van der Waals surface area (Å²) in [4.78, 5) is 8.92. The fourth-order valence-electron chi connectivity index (χ4n) is 0. The van der Waals surface area contributed by atoms with Crippen LogP contribution < -0.4 is 0 Å². The molecule has 42 valence electrons. The van der Waals surface area contributed by atoms with Crippen LogP contribution in [0.25, 0.3) is 0 Å². The van der Waals surface area contributed by atoms with E-state index in [1.807, 2.05) is 0 Å². The quantitative estimate of drug-likeness (QED) is 0.547. The zero-order valence-corrected chi connectivity index (χ0v) is 8.80. The average Bonchev–Trinajstić information content (AvgIpc) is 1.37. The third-order valence-corrected chi connectivity index (χ3v) is 0.0745. The van der Waals surface area contributed by atoms with E-state index in [0.717, 1.165) is 0 Å². The molecule has 0 bridgehead atoms. The summed E-state index contributed by atoms with van der Waals surface area (Å²) in [5, 5.41) is 7.51. The van der Waals surface area contributed by atoms with Gasteiger partial charge in [-0.1, -0.05) is 0 Å². The van der Waals surface area contributed by atoms with Gasteiger partial charge >= 0.3 is 31.1 Å². The van der Waals surface area contributed by atoms with Crippen molar-refractivity contribution < 1.29 is 41.0 Å². The third-order valence-electron chi connectivity index (χ3n) is 0.0745. The fraction of sp³-hybridized carbons (Fsp3) is 0.250. The summed E-state index contributed by atoms with van der Waals surface area (Å²) in [6.07, 6.45) is 0.431. The van der Waals surface area contributed by atoms with Crippen LogP contribution in [0.3, 0.4) is 0 Å². The number of carbonyl (C=O) groups is 1. The number of hydrogen-bond acceptors (Lipinski definition) is 2. The first-order valence-corrected chi connectivity index (χ1v) is 0.960. The standard InChI is InChI=1S/C2H4O2.2CH3.U/c3-1-2-4;;;/h1,4H,2H2;2*1H3;/q;2*-1;+2. The molecule has 0 saturated carbocycles. The summed E-state index contributed by atoms with van der Waals surface area (Å²) in [6, 6.07) is 0. The molecule has 0 unspecified atom stereocenters. The normalized spacial score (nSPS) is 3.57. The number of aldehydes is 1. The van der Waals surface area contributed by atoms with Crippen LogP contribution in [0.1, 0.15) is 0 Å². The van der Waals surface area contributed by atoms with Crippen LogP contribution in [-0.4, -0.2) is 18.0 Å². The Balaban J connectivity index is -0.0000000150. The van der Waals surface area contributed by atoms with Crippen molar-refractivity contribution in [2.75, 3.05) is 6.61 Å². The molecule has 0 atom stereocenters. The first kappa shape index (κ1) is 25.3. The number of carbonyl (C=O) groups excluding carboxylic acids is 1. The van der Waals surface area contributed by atoms with Crippen LogP contribution in [0, 0.1) is 46.0 Å². The van der Waals surface area contributed by atoms with E-state index in [-0.39, 0.29) is 52.6 Å². The zero-order chi connectivity index (χ0) is 3.41. The molecule has 0 rings (SSSR count). The van der Waals surface area contributed by atoms with Crippen LogP contribution in [-0.2, 0) is 4.79 Å². The Labute approximate surface area is 68.7 Å². The van der Waals surface area contributed by atoms with Gasteiger partial charge in [-0.2, -0.15) is 0 Å². The average molecular weight is 328 g/mol. The Morgan fingerprint density at radius 1 is 1.43 bits per heavy atom. The van der Waals surface area contributed by atoms with Gasteiger partial charge in [0.1, 0.15) is 6.29 Å². The van der Waals surface area contributed by atoms with Crippen LogP contribution in [0.15, 0.2) is 0 Å². The summed E-state index contributed by atoms with van der Waals surface area (Å²) in [5.74, 6) is 0. The molecule has 0 saturated heterocycles. The van der Waals surface area contributed by atoms with E-state index in [2.05, 4.69) is 0 Å². The maximum absolute atomic E-state index is 8.92. The molecule has 7 heavy (non-hydrogen) atoms. The van der Waals surface area contributed by atoms with Crippen molar-refractivity contribution in [3.63, 3.8) is 0 Å². The third kappa shape index (κ3) is 51.8. The van der Waals surface area contributed by atoms with Gasteiger partial charge in [0.25, 0.3) is 0 Å². The second-order valence-corrected chi connectivity index (χ2v) is 0.349. The van der Waals surface area contributed by atoms with E-state index < -0.39 is 0 Å². The van der Waals surface area contributed by atoms with E-state index in [1.165, 1.54) is 0 Å². The molecule has 0 aromatic heterocycles. The smallest absolute Gasteiger partial charge is 0.389 e. The van der Waals surface area contributed by atoms with E-state index in [0.29, 0.717) is 6.29 Å². The first-order chi connectivity index (χ1) is 1.91. The minimum atomic E-state index is -0.361. The maximum Gasteiger partial charge on any atom is 2.00 e. The monoisotopic (exact) mass is 328 g/mol. The molecule has 3 heteroatoms. The van der Waals surface area contributed by atoms with Crippen molar-refractivity contribution in [2.24, 2.45) is 0 Å². The Morgan fingerprint density at radius 3 is 1.57 bits per heavy atom. The minimum absolute atomic E-state index is 0. The van der Waals surface area contributed by atoms with Crippen molar-refractivity contribution in [1.82, 2.24) is 0 Å². The van der Waals surface area contributed by atoms with Crippen molar-refractivity contribution in [3.8, 4) is 0 Å². The zero-order valence-electron chi connectivity index (χ0n) is 4.64. The fourth-order valence-corrected chi connectivity index (χ4v) is 0. The molecule has 0 aromatic rings. The first-order valence-electron chi connectivity index (χ1n) is 0.960. The number of aliphatic hydroxyl groups excluding tert-OH is 1. The molecular weight excluding hydrogens is 318 g/mol. The predicted molar refractivity (Wildman–Crippen MR) is 26.0 cm³/mol. The Kier molecular flexibility index (Phi) is 108. The van der Waals surface area contributed by atoms with E-state index in [1.54, 1.807) is 0 Å². The molecular formula is C4H10O2U. The Morgan fingerprint density at radius 2 is 1.57 bits per heavy atom. The number of rotatable bonds is 1. The molecule has 0 heterocycles. The SMILES string of the molecule is O=CCO.[CH3-].[CH3-].[U+2]. The van der Waals surface area contributed by atoms with E-state index in [9.17, 15) is 0 Å². The van der Waals surface area contributed by atoms with Crippen LogP contribution in [0.4, 0.5) is 0 Å². The van der Waals surface area contributed by atoms with Crippen molar-refractivity contribution >= 4 is 6.29 Å². The van der Waals surface area contributed by atoms with Gasteiger partial charge in [-0.3, -0.25) is 0 Å². The van der Waals surface area contributed by atoms with Crippen LogP contribution in [0.5, 0.6) is 0 Å².